The smallest absolute Gasteiger partial charge is 0.148 e. The zero-order valence-corrected chi connectivity index (χ0v) is 8.39. The number of nitrogens with zero attached hydrogens (tertiary/aromatic N) is 1. The molecule has 14 heavy (non-hydrogen) atoms. The third kappa shape index (κ3) is 1.67. The fourth-order valence-electron chi connectivity index (χ4n) is 1.88. The van der Waals surface area contributed by atoms with Gasteiger partial charge in [0.25, 0.3) is 0 Å². The van der Waals surface area contributed by atoms with E-state index in [0.717, 1.165) is 18.8 Å². The summed E-state index contributed by atoms with van der Waals surface area (Å²) >= 11 is 0. The molecule has 1 N–H and O–H groups in total. The van der Waals surface area contributed by atoms with Gasteiger partial charge < -0.3 is 10.2 Å². The van der Waals surface area contributed by atoms with Gasteiger partial charge in [0.2, 0.25) is 0 Å². The molecule has 2 rings (SSSR count). The summed E-state index contributed by atoms with van der Waals surface area (Å²) in [6.45, 7) is 2.11. The fraction of sp³-hybridized carbons (Fsp3) is 0.455. The van der Waals surface area contributed by atoms with Gasteiger partial charge in [0.1, 0.15) is 5.82 Å². The molecule has 0 atom stereocenters. The summed E-state index contributed by atoms with van der Waals surface area (Å²) in [7, 11) is 1.73. The van der Waals surface area contributed by atoms with Gasteiger partial charge in [-0.15, -0.1) is 0 Å². The molecule has 2 nitrogen and oxygen atoms in total. The van der Waals surface area contributed by atoms with Gasteiger partial charge in [-0.3, -0.25) is 0 Å². The van der Waals surface area contributed by atoms with Crippen LogP contribution in [0.2, 0.25) is 0 Å². The molecule has 0 saturated carbocycles. The Balaban J connectivity index is 2.23. The van der Waals surface area contributed by atoms with Crippen molar-refractivity contribution in [2.24, 2.45) is 0 Å². The topological polar surface area (TPSA) is 15.3 Å². The minimum Gasteiger partial charge on any atom is -0.386 e. The highest BCUT2D eigenvalue weighted by molar-refractivity contribution is 5.56. The first-order valence-electron chi connectivity index (χ1n) is 5.03. The molecule has 1 aliphatic rings. The van der Waals surface area contributed by atoms with Crippen molar-refractivity contribution in [1.29, 1.82) is 0 Å². The number of halogens is 1. The second-order valence-corrected chi connectivity index (χ2v) is 3.61. The zero-order valence-electron chi connectivity index (χ0n) is 8.39. The van der Waals surface area contributed by atoms with Crippen molar-refractivity contribution in [2.45, 2.75) is 12.8 Å². The van der Waals surface area contributed by atoms with Crippen molar-refractivity contribution in [1.82, 2.24) is 0 Å². The van der Waals surface area contributed by atoms with Crippen LogP contribution in [0.4, 0.5) is 15.8 Å². The average Bonchev–Trinajstić information content (AvgIpc) is 2.70. The summed E-state index contributed by atoms with van der Waals surface area (Å²) in [5.41, 5.74) is 1.56. The first kappa shape index (κ1) is 9.31. The molecular formula is C11H15FN2. The minimum absolute atomic E-state index is 0.170. The van der Waals surface area contributed by atoms with E-state index in [9.17, 15) is 4.39 Å². The number of rotatable bonds is 2. The van der Waals surface area contributed by atoms with Crippen LogP contribution in [0.25, 0.3) is 0 Å². The summed E-state index contributed by atoms with van der Waals surface area (Å²) in [5.74, 6) is -0.170. The summed E-state index contributed by atoms with van der Waals surface area (Å²) in [4.78, 5) is 2.22. The van der Waals surface area contributed by atoms with Crippen LogP contribution in [0.1, 0.15) is 12.8 Å². The lowest BCUT2D eigenvalue weighted by atomic mass is 10.2. The number of anilines is 2. The number of hydrogen-bond acceptors (Lipinski definition) is 2. The van der Waals surface area contributed by atoms with Gasteiger partial charge in [-0.25, -0.2) is 4.39 Å². The van der Waals surface area contributed by atoms with Crippen molar-refractivity contribution in [2.75, 3.05) is 30.4 Å². The van der Waals surface area contributed by atoms with Gasteiger partial charge in [0, 0.05) is 25.8 Å². The van der Waals surface area contributed by atoms with Crippen LogP contribution < -0.4 is 10.2 Å². The molecule has 0 amide bonds. The molecule has 1 heterocycles. The molecule has 0 aromatic heterocycles. The van der Waals surface area contributed by atoms with Crippen molar-refractivity contribution in [3.05, 3.63) is 24.0 Å². The van der Waals surface area contributed by atoms with E-state index in [4.69, 9.17) is 0 Å². The molecule has 0 spiro atoms. The summed E-state index contributed by atoms with van der Waals surface area (Å²) in [6.07, 6.45) is 2.44. The average molecular weight is 194 g/mol. The van der Waals surface area contributed by atoms with Gasteiger partial charge in [0.15, 0.2) is 0 Å². The molecule has 0 unspecified atom stereocenters. The SMILES string of the molecule is CNc1ccc(N2CCCC2)cc1F. The maximum Gasteiger partial charge on any atom is 0.148 e. The quantitative estimate of drug-likeness (QED) is 0.778. The summed E-state index contributed by atoms with van der Waals surface area (Å²) < 4.78 is 13.4. The Kier molecular flexibility index (Phi) is 2.57. The maximum atomic E-state index is 13.4. The van der Waals surface area contributed by atoms with Gasteiger partial charge in [-0.1, -0.05) is 0 Å². The molecule has 76 valence electrons. The van der Waals surface area contributed by atoms with Crippen LogP contribution in [0.15, 0.2) is 18.2 Å². The van der Waals surface area contributed by atoms with Gasteiger partial charge >= 0.3 is 0 Å². The molecule has 0 radical (unpaired) electrons. The molecule has 1 saturated heterocycles. The Bertz CT molecular complexity index is 319. The lowest BCUT2D eigenvalue weighted by Gasteiger charge is -2.18. The number of hydrogen-bond donors (Lipinski definition) is 1. The van der Waals surface area contributed by atoms with Crippen LogP contribution in [0.3, 0.4) is 0 Å². The Morgan fingerprint density at radius 1 is 1.29 bits per heavy atom. The third-order valence-corrected chi connectivity index (χ3v) is 2.69. The first-order valence-corrected chi connectivity index (χ1v) is 5.03. The first-order chi connectivity index (χ1) is 6.81. The molecule has 1 aromatic carbocycles. The van der Waals surface area contributed by atoms with E-state index in [0.29, 0.717) is 5.69 Å². The van der Waals surface area contributed by atoms with Crippen LogP contribution in [-0.2, 0) is 0 Å². The largest absolute Gasteiger partial charge is 0.386 e. The Morgan fingerprint density at radius 2 is 2.00 bits per heavy atom. The Labute approximate surface area is 83.7 Å². The second kappa shape index (κ2) is 3.86. The molecular weight excluding hydrogens is 179 g/mol. The lowest BCUT2D eigenvalue weighted by molar-refractivity contribution is 0.631. The summed E-state index contributed by atoms with van der Waals surface area (Å²) in [6, 6.07) is 5.38. The maximum absolute atomic E-state index is 13.4. The Hall–Kier alpha value is -1.25. The predicted molar refractivity (Wildman–Crippen MR) is 57.4 cm³/mol. The van der Waals surface area contributed by atoms with E-state index in [1.54, 1.807) is 19.2 Å². The lowest BCUT2D eigenvalue weighted by Crippen LogP contribution is -2.17. The highest BCUT2D eigenvalue weighted by atomic mass is 19.1. The van der Waals surface area contributed by atoms with Gasteiger partial charge in [0.05, 0.1) is 5.69 Å². The molecule has 1 fully saturated rings. The van der Waals surface area contributed by atoms with E-state index in [1.165, 1.54) is 12.8 Å². The molecule has 0 aliphatic carbocycles. The molecule has 1 aromatic rings. The molecule has 1 aliphatic heterocycles. The van der Waals surface area contributed by atoms with E-state index >= 15 is 0 Å². The predicted octanol–water partition coefficient (Wildman–Crippen LogP) is 2.47. The van der Waals surface area contributed by atoms with Crippen LogP contribution in [-0.4, -0.2) is 20.1 Å². The minimum atomic E-state index is -0.170. The van der Waals surface area contributed by atoms with E-state index in [-0.39, 0.29) is 5.82 Å². The Morgan fingerprint density at radius 3 is 2.57 bits per heavy atom. The molecule has 0 bridgehead atoms. The molecule has 3 heteroatoms. The van der Waals surface area contributed by atoms with Crippen LogP contribution in [0, 0.1) is 5.82 Å². The second-order valence-electron chi connectivity index (χ2n) is 3.61. The van der Waals surface area contributed by atoms with Crippen LogP contribution >= 0.6 is 0 Å². The fourth-order valence-corrected chi connectivity index (χ4v) is 1.88. The van der Waals surface area contributed by atoms with E-state index in [1.807, 2.05) is 6.07 Å². The highest BCUT2D eigenvalue weighted by Gasteiger charge is 2.13. The van der Waals surface area contributed by atoms with Crippen molar-refractivity contribution in [3.8, 4) is 0 Å². The highest BCUT2D eigenvalue weighted by Crippen LogP contribution is 2.24. The monoisotopic (exact) mass is 194 g/mol. The normalized spacial score (nSPS) is 16.0. The standard InChI is InChI=1S/C11H15FN2/c1-13-11-5-4-9(8-10(11)12)14-6-2-3-7-14/h4-5,8,13H,2-3,6-7H2,1H3. The van der Waals surface area contributed by atoms with E-state index in [2.05, 4.69) is 10.2 Å². The van der Waals surface area contributed by atoms with Crippen molar-refractivity contribution in [3.63, 3.8) is 0 Å². The van der Waals surface area contributed by atoms with Gasteiger partial charge in [-0.2, -0.15) is 0 Å². The third-order valence-electron chi connectivity index (χ3n) is 2.69. The van der Waals surface area contributed by atoms with Crippen molar-refractivity contribution >= 4 is 11.4 Å². The van der Waals surface area contributed by atoms with E-state index < -0.39 is 0 Å². The zero-order chi connectivity index (χ0) is 9.97. The number of benzene rings is 1. The van der Waals surface area contributed by atoms with Crippen molar-refractivity contribution < 1.29 is 4.39 Å². The van der Waals surface area contributed by atoms with Crippen LogP contribution in [0.5, 0.6) is 0 Å². The summed E-state index contributed by atoms with van der Waals surface area (Å²) in [5, 5.41) is 2.82. The van der Waals surface area contributed by atoms with Gasteiger partial charge in [-0.05, 0) is 31.0 Å². The number of nitrogens with one attached hydrogen (secondary N) is 1.